The Kier molecular flexibility index (Phi) is 5.33. The monoisotopic (exact) mass is 301 g/mol. The lowest BCUT2D eigenvalue weighted by molar-refractivity contribution is 0.408. The average Bonchev–Trinajstić information content (AvgIpc) is 2.81. The average molecular weight is 301 g/mol. The molecule has 0 radical (unpaired) electrons. The topological polar surface area (TPSA) is 45.6 Å². The van der Waals surface area contributed by atoms with Gasteiger partial charge in [-0.15, -0.1) is 0 Å². The summed E-state index contributed by atoms with van der Waals surface area (Å²) in [5, 5.41) is 7.37. The molecule has 22 heavy (non-hydrogen) atoms. The second kappa shape index (κ2) is 7.63. The van der Waals surface area contributed by atoms with Crippen LogP contribution in [-0.2, 0) is 0 Å². The lowest BCUT2D eigenvalue weighted by Crippen LogP contribution is -2.43. The highest BCUT2D eigenvalue weighted by Gasteiger charge is 2.23. The molecule has 2 aliphatic rings. The molecule has 1 unspecified atom stereocenters. The molecule has 1 heterocycles. The molecule has 0 bridgehead atoms. The summed E-state index contributed by atoms with van der Waals surface area (Å²) < 4.78 is 5.26. The predicted molar refractivity (Wildman–Crippen MR) is 90.7 cm³/mol. The Morgan fingerprint density at radius 3 is 2.59 bits per heavy atom. The Balaban J connectivity index is 1.75. The van der Waals surface area contributed by atoms with E-state index in [1.807, 2.05) is 12.1 Å². The Bertz CT molecular complexity index is 492. The first kappa shape index (κ1) is 15.3. The normalized spacial score (nSPS) is 23.5. The van der Waals surface area contributed by atoms with E-state index in [9.17, 15) is 0 Å². The Labute approximate surface area is 133 Å². The lowest BCUT2D eigenvalue weighted by Gasteiger charge is -2.28. The first-order valence-corrected chi connectivity index (χ1v) is 8.55. The smallest absolute Gasteiger partial charge is 0.118 e. The highest BCUT2D eigenvalue weighted by molar-refractivity contribution is 5.89. The van der Waals surface area contributed by atoms with Gasteiger partial charge in [0, 0.05) is 12.6 Å². The number of amidine groups is 1. The molecule has 4 nitrogen and oxygen atoms in total. The van der Waals surface area contributed by atoms with Crippen molar-refractivity contribution in [3.63, 3.8) is 0 Å². The fraction of sp³-hybridized carbons (Fsp3) is 0.611. The minimum atomic E-state index is 0.176. The third kappa shape index (κ3) is 3.80. The van der Waals surface area contributed by atoms with Crippen LogP contribution in [0.3, 0.4) is 0 Å². The standard InChI is InChI=1S/C18H27N3O/c1-22-16-10-8-14(9-11-16)17-18(20-13-5-12-19-17)21-15-6-3-2-4-7-15/h8-11,15,17,19H,2-7,12-13H2,1H3,(H,20,21). The number of benzene rings is 1. The summed E-state index contributed by atoms with van der Waals surface area (Å²) in [5.41, 5.74) is 1.25. The van der Waals surface area contributed by atoms with Crippen molar-refractivity contribution < 1.29 is 4.74 Å². The van der Waals surface area contributed by atoms with Gasteiger partial charge in [-0.1, -0.05) is 31.4 Å². The van der Waals surface area contributed by atoms with Crippen LogP contribution < -0.4 is 15.4 Å². The van der Waals surface area contributed by atoms with E-state index in [0.29, 0.717) is 6.04 Å². The molecule has 2 N–H and O–H groups in total. The van der Waals surface area contributed by atoms with Crippen LogP contribution in [0.2, 0.25) is 0 Å². The van der Waals surface area contributed by atoms with Gasteiger partial charge in [-0.3, -0.25) is 4.99 Å². The zero-order chi connectivity index (χ0) is 15.2. The molecular weight excluding hydrogens is 274 g/mol. The molecule has 1 saturated carbocycles. The fourth-order valence-corrected chi connectivity index (χ4v) is 3.37. The lowest BCUT2D eigenvalue weighted by atomic mass is 9.94. The number of nitrogens with one attached hydrogen (secondary N) is 2. The van der Waals surface area contributed by atoms with Gasteiger partial charge in [0.1, 0.15) is 11.6 Å². The SMILES string of the molecule is COc1ccc(C2NCCCN=C2NC2CCCCC2)cc1. The van der Waals surface area contributed by atoms with Gasteiger partial charge in [-0.25, -0.2) is 0 Å². The minimum absolute atomic E-state index is 0.176. The zero-order valence-electron chi connectivity index (χ0n) is 13.5. The molecule has 0 aromatic heterocycles. The van der Waals surface area contributed by atoms with E-state index in [1.54, 1.807) is 7.11 Å². The summed E-state index contributed by atoms with van der Waals surface area (Å²) in [5.74, 6) is 2.02. The molecule has 1 aliphatic carbocycles. The van der Waals surface area contributed by atoms with Crippen molar-refractivity contribution >= 4 is 5.84 Å². The van der Waals surface area contributed by atoms with Crippen molar-refractivity contribution in [3.05, 3.63) is 29.8 Å². The number of rotatable bonds is 3. The van der Waals surface area contributed by atoms with E-state index in [1.165, 1.54) is 37.7 Å². The van der Waals surface area contributed by atoms with E-state index >= 15 is 0 Å². The maximum atomic E-state index is 5.26. The number of hydrogen-bond acceptors (Lipinski definition) is 4. The van der Waals surface area contributed by atoms with E-state index in [0.717, 1.165) is 31.1 Å². The van der Waals surface area contributed by atoms with Crippen molar-refractivity contribution in [3.8, 4) is 5.75 Å². The number of ether oxygens (including phenoxy) is 1. The summed E-state index contributed by atoms with van der Waals surface area (Å²) in [7, 11) is 1.70. The van der Waals surface area contributed by atoms with Gasteiger partial charge in [-0.05, 0) is 43.5 Å². The molecule has 0 saturated heterocycles. The van der Waals surface area contributed by atoms with Crippen LogP contribution in [-0.4, -0.2) is 32.1 Å². The van der Waals surface area contributed by atoms with Crippen molar-refractivity contribution in [2.24, 2.45) is 4.99 Å². The van der Waals surface area contributed by atoms with Crippen LogP contribution >= 0.6 is 0 Å². The summed E-state index contributed by atoms with van der Waals surface area (Å²) in [6.45, 7) is 1.92. The molecule has 1 aliphatic heterocycles. The molecule has 1 aromatic carbocycles. The number of methoxy groups -OCH3 is 1. The van der Waals surface area contributed by atoms with Crippen molar-refractivity contribution in [1.82, 2.24) is 10.6 Å². The van der Waals surface area contributed by atoms with Crippen LogP contribution in [0.15, 0.2) is 29.3 Å². The minimum Gasteiger partial charge on any atom is -0.497 e. The Morgan fingerprint density at radius 1 is 1.09 bits per heavy atom. The quantitative estimate of drug-likeness (QED) is 0.902. The van der Waals surface area contributed by atoms with Crippen LogP contribution in [0.1, 0.15) is 50.1 Å². The van der Waals surface area contributed by atoms with Crippen LogP contribution in [0.4, 0.5) is 0 Å². The molecule has 4 heteroatoms. The third-order valence-corrected chi connectivity index (χ3v) is 4.65. The highest BCUT2D eigenvalue weighted by atomic mass is 16.5. The summed E-state index contributed by atoms with van der Waals surface area (Å²) >= 11 is 0. The predicted octanol–water partition coefficient (Wildman–Crippen LogP) is 3.05. The van der Waals surface area contributed by atoms with Gasteiger partial charge in [-0.2, -0.15) is 0 Å². The molecule has 0 amide bonds. The molecule has 1 aromatic rings. The molecule has 3 rings (SSSR count). The van der Waals surface area contributed by atoms with E-state index in [4.69, 9.17) is 9.73 Å². The van der Waals surface area contributed by atoms with Gasteiger partial charge in [0.05, 0.1) is 13.2 Å². The number of hydrogen-bond donors (Lipinski definition) is 2. The van der Waals surface area contributed by atoms with Gasteiger partial charge < -0.3 is 15.4 Å². The third-order valence-electron chi connectivity index (χ3n) is 4.65. The fourth-order valence-electron chi connectivity index (χ4n) is 3.37. The van der Waals surface area contributed by atoms with E-state index in [-0.39, 0.29) is 6.04 Å². The summed E-state index contributed by atoms with van der Waals surface area (Å²) in [6, 6.07) is 9.10. The van der Waals surface area contributed by atoms with Crippen LogP contribution in [0.5, 0.6) is 5.75 Å². The molecule has 0 spiro atoms. The first-order valence-electron chi connectivity index (χ1n) is 8.55. The molecular formula is C18H27N3O. The van der Waals surface area contributed by atoms with Gasteiger partial charge in [0.2, 0.25) is 0 Å². The maximum absolute atomic E-state index is 5.26. The first-order chi connectivity index (χ1) is 10.9. The van der Waals surface area contributed by atoms with E-state index < -0.39 is 0 Å². The summed E-state index contributed by atoms with van der Waals surface area (Å²) in [6.07, 6.45) is 7.70. The summed E-state index contributed by atoms with van der Waals surface area (Å²) in [4.78, 5) is 4.83. The number of aliphatic imine (C=N–C) groups is 1. The van der Waals surface area contributed by atoms with Crippen LogP contribution in [0, 0.1) is 0 Å². The van der Waals surface area contributed by atoms with Gasteiger partial charge in [0.15, 0.2) is 0 Å². The zero-order valence-corrected chi connectivity index (χ0v) is 13.5. The largest absolute Gasteiger partial charge is 0.497 e. The second-order valence-electron chi connectivity index (χ2n) is 6.26. The van der Waals surface area contributed by atoms with Gasteiger partial charge >= 0.3 is 0 Å². The molecule has 1 fully saturated rings. The van der Waals surface area contributed by atoms with Crippen LogP contribution in [0.25, 0.3) is 0 Å². The van der Waals surface area contributed by atoms with Gasteiger partial charge in [0.25, 0.3) is 0 Å². The van der Waals surface area contributed by atoms with Crippen molar-refractivity contribution in [2.75, 3.05) is 20.2 Å². The van der Waals surface area contributed by atoms with E-state index in [2.05, 4.69) is 22.8 Å². The number of nitrogens with zero attached hydrogens (tertiary/aromatic N) is 1. The Hall–Kier alpha value is -1.55. The Morgan fingerprint density at radius 2 is 1.86 bits per heavy atom. The maximum Gasteiger partial charge on any atom is 0.118 e. The second-order valence-corrected chi connectivity index (χ2v) is 6.26. The van der Waals surface area contributed by atoms with Crippen molar-refractivity contribution in [1.29, 1.82) is 0 Å². The van der Waals surface area contributed by atoms with Crippen molar-refractivity contribution in [2.45, 2.75) is 50.6 Å². The molecule has 1 atom stereocenters. The molecule has 120 valence electrons. The highest BCUT2D eigenvalue weighted by Crippen LogP contribution is 2.22.